The molecular weight excluding hydrogens is 258 g/mol. The molecule has 1 aliphatic heterocycles. The molecule has 0 N–H and O–H groups in total. The molecule has 3 saturated carbocycles. The van der Waals surface area contributed by atoms with Crippen molar-refractivity contribution in [1.29, 1.82) is 0 Å². The van der Waals surface area contributed by atoms with Gasteiger partial charge in [0.15, 0.2) is 0 Å². The monoisotopic (exact) mass is 279 g/mol. The quantitative estimate of drug-likeness (QED) is 0.842. The number of anilines is 1. The van der Waals surface area contributed by atoms with Crippen molar-refractivity contribution in [2.24, 2.45) is 5.92 Å². The van der Waals surface area contributed by atoms with Crippen LogP contribution in [0, 0.1) is 5.92 Å². The molecule has 2 heterocycles. The van der Waals surface area contributed by atoms with Crippen LogP contribution in [0.1, 0.15) is 19.3 Å². The summed E-state index contributed by atoms with van der Waals surface area (Å²) in [6.45, 7) is 4.66. The van der Waals surface area contributed by atoms with Gasteiger partial charge < -0.3 is 4.90 Å². The molecule has 108 valence electrons. The average Bonchev–Trinajstić information content (AvgIpc) is 2.44. The highest BCUT2D eigenvalue weighted by atomic mass is 15.3. The molecule has 1 aromatic carbocycles. The number of aromatic nitrogens is 1. The minimum absolute atomic E-state index is 0.633. The van der Waals surface area contributed by atoms with Gasteiger partial charge in [-0.25, -0.2) is 4.98 Å². The second-order valence-corrected chi connectivity index (χ2v) is 7.04. The maximum atomic E-state index is 4.84. The smallest absolute Gasteiger partial charge is 0.129 e. The Morgan fingerprint density at radius 2 is 1.67 bits per heavy atom. The van der Waals surface area contributed by atoms with Crippen molar-refractivity contribution in [3.8, 4) is 0 Å². The molecule has 3 nitrogen and oxygen atoms in total. The molecule has 4 aliphatic rings. The van der Waals surface area contributed by atoms with Gasteiger partial charge in [0.2, 0.25) is 0 Å². The summed E-state index contributed by atoms with van der Waals surface area (Å²) in [6.07, 6.45) is 4.42. The van der Waals surface area contributed by atoms with Crippen LogP contribution in [-0.2, 0) is 0 Å². The number of piperazine rings is 1. The summed E-state index contributed by atoms with van der Waals surface area (Å²) in [4.78, 5) is 10.0. The molecule has 6 rings (SSSR count). The Balaban J connectivity index is 1.33. The van der Waals surface area contributed by atoms with E-state index in [9.17, 15) is 0 Å². The first-order chi connectivity index (χ1) is 10.3. The van der Waals surface area contributed by atoms with Gasteiger partial charge in [0.05, 0.1) is 5.52 Å². The van der Waals surface area contributed by atoms with E-state index in [1.165, 1.54) is 37.7 Å². The SMILES string of the molecule is c1ccc2nc(N3CCN(C45CC(C4)C5)CC3)ccc2c1. The van der Waals surface area contributed by atoms with Gasteiger partial charge in [-0.15, -0.1) is 0 Å². The van der Waals surface area contributed by atoms with E-state index in [4.69, 9.17) is 4.98 Å². The fourth-order valence-corrected chi connectivity index (χ4v) is 4.46. The van der Waals surface area contributed by atoms with Gasteiger partial charge in [0.25, 0.3) is 0 Å². The van der Waals surface area contributed by atoms with E-state index in [0.29, 0.717) is 5.54 Å². The molecule has 0 spiro atoms. The normalized spacial score (nSPS) is 31.8. The van der Waals surface area contributed by atoms with Crippen molar-refractivity contribution in [1.82, 2.24) is 9.88 Å². The lowest BCUT2D eigenvalue weighted by Crippen LogP contribution is -2.71. The lowest BCUT2D eigenvalue weighted by Gasteiger charge is -2.67. The molecule has 3 heteroatoms. The van der Waals surface area contributed by atoms with Crippen LogP contribution in [0.3, 0.4) is 0 Å². The number of nitrogens with zero attached hydrogens (tertiary/aromatic N) is 3. The van der Waals surface area contributed by atoms with Crippen molar-refractivity contribution >= 4 is 16.7 Å². The first-order valence-corrected chi connectivity index (χ1v) is 8.18. The van der Waals surface area contributed by atoms with Crippen LogP contribution in [0.25, 0.3) is 10.9 Å². The van der Waals surface area contributed by atoms with Gasteiger partial charge in [0.1, 0.15) is 5.82 Å². The highest BCUT2D eigenvalue weighted by molar-refractivity contribution is 5.80. The summed E-state index contributed by atoms with van der Waals surface area (Å²) in [6, 6.07) is 12.8. The fraction of sp³-hybridized carbons (Fsp3) is 0.500. The van der Waals surface area contributed by atoms with E-state index >= 15 is 0 Å². The maximum Gasteiger partial charge on any atom is 0.129 e. The van der Waals surface area contributed by atoms with Gasteiger partial charge in [-0.2, -0.15) is 0 Å². The number of para-hydroxylation sites is 1. The second kappa shape index (κ2) is 4.20. The van der Waals surface area contributed by atoms with Crippen LogP contribution >= 0.6 is 0 Å². The zero-order chi connectivity index (χ0) is 13.9. The average molecular weight is 279 g/mol. The molecule has 1 aromatic heterocycles. The van der Waals surface area contributed by atoms with Crippen molar-refractivity contribution in [3.05, 3.63) is 36.4 Å². The van der Waals surface area contributed by atoms with Gasteiger partial charge in [-0.1, -0.05) is 18.2 Å². The third-order valence-corrected chi connectivity index (χ3v) is 5.86. The van der Waals surface area contributed by atoms with Crippen LogP contribution in [0.2, 0.25) is 0 Å². The highest BCUT2D eigenvalue weighted by Gasteiger charge is 2.59. The summed E-state index contributed by atoms with van der Waals surface area (Å²) in [5.74, 6) is 2.22. The van der Waals surface area contributed by atoms with Crippen molar-refractivity contribution < 1.29 is 0 Å². The van der Waals surface area contributed by atoms with E-state index in [1.807, 2.05) is 0 Å². The first-order valence-electron chi connectivity index (χ1n) is 8.18. The molecule has 0 unspecified atom stereocenters. The summed E-state index contributed by atoms with van der Waals surface area (Å²) in [7, 11) is 0. The second-order valence-electron chi connectivity index (χ2n) is 7.04. The molecule has 0 atom stereocenters. The molecule has 2 aromatic rings. The molecular formula is C18H21N3. The van der Waals surface area contributed by atoms with E-state index in [2.05, 4.69) is 46.2 Å². The van der Waals surface area contributed by atoms with E-state index < -0.39 is 0 Å². The number of fused-ring (bicyclic) bond motifs is 1. The van der Waals surface area contributed by atoms with E-state index in [0.717, 1.165) is 30.3 Å². The predicted octanol–water partition coefficient (Wildman–Crippen LogP) is 2.91. The lowest BCUT2D eigenvalue weighted by molar-refractivity contribution is -0.145. The minimum Gasteiger partial charge on any atom is -0.354 e. The Morgan fingerprint density at radius 3 is 2.38 bits per heavy atom. The molecule has 2 bridgehead atoms. The van der Waals surface area contributed by atoms with Crippen LogP contribution in [0.5, 0.6) is 0 Å². The zero-order valence-electron chi connectivity index (χ0n) is 12.3. The summed E-state index contributed by atoms with van der Waals surface area (Å²) < 4.78 is 0. The number of hydrogen-bond acceptors (Lipinski definition) is 3. The summed E-state index contributed by atoms with van der Waals surface area (Å²) in [5.41, 5.74) is 1.74. The number of hydrogen-bond donors (Lipinski definition) is 0. The van der Waals surface area contributed by atoms with E-state index in [1.54, 1.807) is 0 Å². The van der Waals surface area contributed by atoms with Gasteiger partial charge in [-0.3, -0.25) is 4.90 Å². The van der Waals surface area contributed by atoms with Crippen LogP contribution in [-0.4, -0.2) is 41.6 Å². The molecule has 0 amide bonds. The number of rotatable bonds is 2. The van der Waals surface area contributed by atoms with Crippen LogP contribution in [0.15, 0.2) is 36.4 Å². The van der Waals surface area contributed by atoms with Crippen LogP contribution in [0.4, 0.5) is 5.82 Å². The topological polar surface area (TPSA) is 19.4 Å². The third kappa shape index (κ3) is 1.73. The Labute approximate surface area is 125 Å². The molecule has 1 saturated heterocycles. The highest BCUT2D eigenvalue weighted by Crippen LogP contribution is 2.60. The predicted molar refractivity (Wildman–Crippen MR) is 85.6 cm³/mol. The third-order valence-electron chi connectivity index (χ3n) is 5.86. The van der Waals surface area contributed by atoms with E-state index in [-0.39, 0.29) is 0 Å². The number of benzene rings is 1. The molecule has 4 fully saturated rings. The minimum atomic E-state index is 0.633. The largest absolute Gasteiger partial charge is 0.354 e. The standard InChI is InChI=1S/C18H21N3/c1-2-4-16-15(3-1)5-6-17(19-16)20-7-9-21(10-8-20)18-11-14(12-18)13-18/h1-6,14H,7-13H2. The molecule has 0 radical (unpaired) electrons. The Bertz CT molecular complexity index is 671. The summed E-state index contributed by atoms with van der Waals surface area (Å²) in [5, 5.41) is 1.23. The Morgan fingerprint density at radius 1 is 0.905 bits per heavy atom. The van der Waals surface area contributed by atoms with Crippen molar-refractivity contribution in [2.75, 3.05) is 31.1 Å². The maximum absolute atomic E-state index is 4.84. The zero-order valence-corrected chi connectivity index (χ0v) is 12.3. The van der Waals surface area contributed by atoms with Gasteiger partial charge in [0, 0.05) is 37.1 Å². The van der Waals surface area contributed by atoms with Crippen molar-refractivity contribution in [2.45, 2.75) is 24.8 Å². The molecule has 21 heavy (non-hydrogen) atoms. The summed E-state index contributed by atoms with van der Waals surface area (Å²) >= 11 is 0. The Hall–Kier alpha value is -1.61. The first kappa shape index (κ1) is 12.0. The number of pyridine rings is 1. The van der Waals surface area contributed by atoms with Gasteiger partial charge >= 0.3 is 0 Å². The Kier molecular flexibility index (Phi) is 2.40. The van der Waals surface area contributed by atoms with Gasteiger partial charge in [-0.05, 0) is 43.4 Å². The molecule has 3 aliphatic carbocycles. The van der Waals surface area contributed by atoms with Crippen LogP contribution < -0.4 is 4.90 Å². The van der Waals surface area contributed by atoms with Crippen molar-refractivity contribution in [3.63, 3.8) is 0 Å². The lowest BCUT2D eigenvalue weighted by atomic mass is 9.49. The fourth-order valence-electron chi connectivity index (χ4n) is 4.46.